The number of carboxylic acid groups (broad SMARTS) is 1. The van der Waals surface area contributed by atoms with E-state index in [0.29, 0.717) is 13.1 Å². The van der Waals surface area contributed by atoms with Gasteiger partial charge in [-0.2, -0.15) is 0 Å². The van der Waals surface area contributed by atoms with Crippen LogP contribution in [0.4, 0.5) is 4.39 Å². The van der Waals surface area contributed by atoms with E-state index in [2.05, 4.69) is 5.32 Å². The van der Waals surface area contributed by atoms with Gasteiger partial charge in [-0.1, -0.05) is 6.07 Å². The van der Waals surface area contributed by atoms with Crippen molar-refractivity contribution in [3.8, 4) is 0 Å². The Bertz CT molecular complexity index is 590. The highest BCUT2D eigenvalue weighted by Crippen LogP contribution is 2.38. The number of halogens is 1. The highest BCUT2D eigenvalue weighted by atomic mass is 19.1. The molecular formula is C15H17FN2O3. The second-order valence-electron chi connectivity index (χ2n) is 5.54. The zero-order valence-electron chi connectivity index (χ0n) is 11.5. The topological polar surface area (TPSA) is 69.6 Å². The fourth-order valence-electron chi connectivity index (χ4n) is 3.39. The SMILES string of the molecule is O=C(O)CC1C(=O)NCCN1C1CCc2cc(F)ccc21. The Hall–Kier alpha value is -1.95. The molecule has 2 N–H and O–H groups in total. The van der Waals surface area contributed by atoms with Crippen LogP contribution >= 0.6 is 0 Å². The molecule has 1 fully saturated rings. The van der Waals surface area contributed by atoms with Crippen molar-refractivity contribution >= 4 is 11.9 Å². The number of nitrogens with one attached hydrogen (secondary N) is 1. The van der Waals surface area contributed by atoms with Gasteiger partial charge in [0.05, 0.1) is 6.42 Å². The van der Waals surface area contributed by atoms with Crippen LogP contribution in [0.2, 0.25) is 0 Å². The van der Waals surface area contributed by atoms with E-state index < -0.39 is 12.0 Å². The number of aliphatic carboxylic acids is 1. The Morgan fingerprint density at radius 2 is 2.29 bits per heavy atom. The maximum Gasteiger partial charge on any atom is 0.305 e. The van der Waals surface area contributed by atoms with Crippen LogP contribution in [0.1, 0.15) is 30.0 Å². The Balaban J connectivity index is 1.89. The fourth-order valence-corrected chi connectivity index (χ4v) is 3.39. The number of piperazine rings is 1. The first-order valence-corrected chi connectivity index (χ1v) is 7.10. The van der Waals surface area contributed by atoms with Crippen LogP contribution in [-0.2, 0) is 16.0 Å². The van der Waals surface area contributed by atoms with Crippen molar-refractivity contribution in [2.75, 3.05) is 13.1 Å². The van der Waals surface area contributed by atoms with Crippen molar-refractivity contribution < 1.29 is 19.1 Å². The van der Waals surface area contributed by atoms with Gasteiger partial charge in [0.25, 0.3) is 0 Å². The van der Waals surface area contributed by atoms with Gasteiger partial charge in [-0.15, -0.1) is 0 Å². The third kappa shape index (κ3) is 2.63. The summed E-state index contributed by atoms with van der Waals surface area (Å²) in [4.78, 5) is 24.9. The number of carboxylic acids is 1. The van der Waals surface area contributed by atoms with Crippen LogP contribution in [0, 0.1) is 5.82 Å². The van der Waals surface area contributed by atoms with Gasteiger partial charge in [0, 0.05) is 19.1 Å². The molecule has 1 aromatic rings. The van der Waals surface area contributed by atoms with Crippen LogP contribution in [0.25, 0.3) is 0 Å². The van der Waals surface area contributed by atoms with E-state index >= 15 is 0 Å². The first kappa shape index (κ1) is 14.0. The van der Waals surface area contributed by atoms with Crippen LogP contribution in [0.5, 0.6) is 0 Å². The van der Waals surface area contributed by atoms with Crippen molar-refractivity contribution in [3.63, 3.8) is 0 Å². The summed E-state index contributed by atoms with van der Waals surface area (Å²) < 4.78 is 13.3. The summed E-state index contributed by atoms with van der Waals surface area (Å²) in [7, 11) is 0. The second kappa shape index (κ2) is 5.44. The summed E-state index contributed by atoms with van der Waals surface area (Å²) >= 11 is 0. The lowest BCUT2D eigenvalue weighted by atomic mass is 10.0. The van der Waals surface area contributed by atoms with Crippen LogP contribution in [0.3, 0.4) is 0 Å². The summed E-state index contributed by atoms with van der Waals surface area (Å²) in [5, 5.41) is 11.7. The molecular weight excluding hydrogens is 275 g/mol. The Labute approximate surface area is 121 Å². The lowest BCUT2D eigenvalue weighted by molar-refractivity contribution is -0.144. The summed E-state index contributed by atoms with van der Waals surface area (Å²) in [5.74, 6) is -1.48. The van der Waals surface area contributed by atoms with E-state index in [-0.39, 0.29) is 24.2 Å². The maximum atomic E-state index is 13.3. The third-order valence-corrected chi connectivity index (χ3v) is 4.29. The van der Waals surface area contributed by atoms with E-state index in [1.54, 1.807) is 6.07 Å². The molecule has 1 saturated heterocycles. The molecule has 2 atom stereocenters. The molecule has 0 spiro atoms. The number of hydrogen-bond acceptors (Lipinski definition) is 3. The van der Waals surface area contributed by atoms with Gasteiger partial charge < -0.3 is 10.4 Å². The molecule has 3 rings (SSSR count). The molecule has 2 unspecified atom stereocenters. The summed E-state index contributed by atoms with van der Waals surface area (Å²) in [5.41, 5.74) is 1.97. The van der Waals surface area contributed by atoms with E-state index in [4.69, 9.17) is 5.11 Å². The smallest absolute Gasteiger partial charge is 0.305 e. The predicted octanol–water partition coefficient (Wildman–Crippen LogP) is 1.09. The standard InChI is InChI=1S/C15H17FN2O3/c16-10-2-3-11-9(7-10)1-4-12(11)18-6-5-17-15(21)13(18)8-14(19)20/h2-3,7,12-13H,1,4-6,8H2,(H,17,21)(H,19,20). The molecule has 1 aromatic carbocycles. The number of nitrogens with zero attached hydrogens (tertiary/aromatic N) is 1. The molecule has 1 aliphatic carbocycles. The molecule has 1 amide bonds. The van der Waals surface area contributed by atoms with Crippen molar-refractivity contribution in [1.82, 2.24) is 10.2 Å². The molecule has 6 heteroatoms. The number of carbonyl (C=O) groups excluding carboxylic acids is 1. The number of aryl methyl sites for hydroxylation is 1. The molecule has 5 nitrogen and oxygen atoms in total. The minimum atomic E-state index is -0.987. The van der Waals surface area contributed by atoms with Gasteiger partial charge in [-0.3, -0.25) is 14.5 Å². The number of benzene rings is 1. The monoisotopic (exact) mass is 292 g/mol. The first-order chi connectivity index (χ1) is 10.1. The van der Waals surface area contributed by atoms with Crippen molar-refractivity contribution in [1.29, 1.82) is 0 Å². The number of fused-ring (bicyclic) bond motifs is 1. The number of rotatable bonds is 3. The molecule has 0 bridgehead atoms. The molecule has 112 valence electrons. The highest BCUT2D eigenvalue weighted by Gasteiger charge is 2.38. The predicted molar refractivity (Wildman–Crippen MR) is 73.2 cm³/mol. The average Bonchev–Trinajstić information content (AvgIpc) is 2.83. The van der Waals surface area contributed by atoms with E-state index in [1.165, 1.54) is 12.1 Å². The van der Waals surface area contributed by atoms with Crippen LogP contribution in [-0.4, -0.2) is 41.0 Å². The van der Waals surface area contributed by atoms with Gasteiger partial charge in [0.2, 0.25) is 5.91 Å². The zero-order valence-corrected chi connectivity index (χ0v) is 11.5. The Morgan fingerprint density at radius 1 is 1.48 bits per heavy atom. The number of hydrogen-bond donors (Lipinski definition) is 2. The first-order valence-electron chi connectivity index (χ1n) is 7.10. The fraction of sp³-hybridized carbons (Fsp3) is 0.467. The van der Waals surface area contributed by atoms with Gasteiger partial charge in [0.15, 0.2) is 0 Å². The van der Waals surface area contributed by atoms with Gasteiger partial charge in [-0.25, -0.2) is 4.39 Å². The lowest BCUT2D eigenvalue weighted by Crippen LogP contribution is -2.56. The van der Waals surface area contributed by atoms with E-state index in [9.17, 15) is 14.0 Å². The summed E-state index contributed by atoms with van der Waals surface area (Å²) in [6.45, 7) is 1.13. The molecule has 2 aliphatic rings. The van der Waals surface area contributed by atoms with Crippen molar-refractivity contribution in [3.05, 3.63) is 35.1 Å². The van der Waals surface area contributed by atoms with Gasteiger partial charge in [-0.05, 0) is 36.1 Å². The summed E-state index contributed by atoms with van der Waals surface area (Å²) in [6.07, 6.45) is 1.34. The van der Waals surface area contributed by atoms with Crippen molar-refractivity contribution in [2.45, 2.75) is 31.3 Å². The van der Waals surface area contributed by atoms with Crippen LogP contribution in [0.15, 0.2) is 18.2 Å². The average molecular weight is 292 g/mol. The van der Waals surface area contributed by atoms with E-state index in [0.717, 1.165) is 24.0 Å². The molecule has 0 aromatic heterocycles. The summed E-state index contributed by atoms with van der Waals surface area (Å²) in [6, 6.07) is 4.05. The third-order valence-electron chi connectivity index (χ3n) is 4.29. The molecule has 21 heavy (non-hydrogen) atoms. The number of amides is 1. The molecule has 1 aliphatic heterocycles. The Morgan fingerprint density at radius 3 is 3.05 bits per heavy atom. The normalized spacial score (nSPS) is 25.5. The largest absolute Gasteiger partial charge is 0.481 e. The molecule has 0 radical (unpaired) electrons. The van der Waals surface area contributed by atoms with E-state index in [1.807, 2.05) is 4.90 Å². The zero-order chi connectivity index (χ0) is 15.0. The van der Waals surface area contributed by atoms with Crippen LogP contribution < -0.4 is 5.32 Å². The van der Waals surface area contributed by atoms with Gasteiger partial charge >= 0.3 is 5.97 Å². The highest BCUT2D eigenvalue weighted by molar-refractivity contribution is 5.86. The minimum Gasteiger partial charge on any atom is -0.481 e. The second-order valence-corrected chi connectivity index (χ2v) is 5.54. The Kier molecular flexibility index (Phi) is 3.63. The minimum absolute atomic E-state index is 0.00370. The van der Waals surface area contributed by atoms with Crippen molar-refractivity contribution in [2.24, 2.45) is 0 Å². The molecule has 1 heterocycles. The van der Waals surface area contributed by atoms with Gasteiger partial charge in [0.1, 0.15) is 11.9 Å². The maximum absolute atomic E-state index is 13.3. The number of carbonyl (C=O) groups is 2. The molecule has 0 saturated carbocycles. The lowest BCUT2D eigenvalue weighted by Gasteiger charge is -2.38. The quantitative estimate of drug-likeness (QED) is 0.875.